The average molecular weight is 242 g/mol. The molecule has 0 aromatic rings. The molecular weight excluding hydrogens is 220 g/mol. The van der Waals surface area contributed by atoms with Gasteiger partial charge in [0.2, 0.25) is 11.8 Å². The molecule has 1 heterocycles. The first kappa shape index (κ1) is 14.0. The first-order valence-corrected chi connectivity index (χ1v) is 6.35. The van der Waals surface area contributed by atoms with Gasteiger partial charge in [-0.2, -0.15) is 0 Å². The van der Waals surface area contributed by atoms with Crippen molar-refractivity contribution in [2.45, 2.75) is 39.2 Å². The fourth-order valence-corrected chi connectivity index (χ4v) is 1.84. The fourth-order valence-electron chi connectivity index (χ4n) is 1.84. The third-order valence-electron chi connectivity index (χ3n) is 2.76. The predicted molar refractivity (Wildman–Crippen MR) is 64.5 cm³/mol. The van der Waals surface area contributed by atoms with Gasteiger partial charge in [0.15, 0.2) is 0 Å². The molecule has 0 saturated carbocycles. The van der Waals surface area contributed by atoms with Crippen LogP contribution in [0.3, 0.4) is 0 Å². The Kier molecular flexibility index (Phi) is 5.97. The van der Waals surface area contributed by atoms with Crippen molar-refractivity contribution in [3.63, 3.8) is 0 Å². The van der Waals surface area contributed by atoms with Crippen molar-refractivity contribution in [1.82, 2.24) is 10.2 Å². The van der Waals surface area contributed by atoms with E-state index >= 15 is 0 Å². The Hall–Kier alpha value is -1.10. The molecule has 98 valence electrons. The van der Waals surface area contributed by atoms with E-state index in [0.29, 0.717) is 32.7 Å². The van der Waals surface area contributed by atoms with Crippen molar-refractivity contribution in [3.8, 4) is 0 Å². The highest BCUT2D eigenvalue weighted by Gasteiger charge is 2.31. The second-order valence-electron chi connectivity index (χ2n) is 4.22. The number of rotatable bonds is 5. The van der Waals surface area contributed by atoms with E-state index in [-0.39, 0.29) is 11.8 Å². The van der Waals surface area contributed by atoms with Gasteiger partial charge >= 0.3 is 0 Å². The molecule has 1 rings (SSSR count). The molecule has 2 amide bonds. The summed E-state index contributed by atoms with van der Waals surface area (Å²) >= 11 is 0. The highest BCUT2D eigenvalue weighted by Crippen LogP contribution is 2.10. The van der Waals surface area contributed by atoms with Crippen LogP contribution in [-0.2, 0) is 14.3 Å². The van der Waals surface area contributed by atoms with Crippen LogP contribution in [0.25, 0.3) is 0 Å². The fraction of sp³-hybridized carbons (Fsp3) is 0.833. The summed E-state index contributed by atoms with van der Waals surface area (Å²) in [7, 11) is 0. The normalized spacial score (nSPS) is 20.1. The van der Waals surface area contributed by atoms with Gasteiger partial charge in [0, 0.05) is 19.5 Å². The number of ether oxygens (including phenoxy) is 1. The molecule has 1 N–H and O–H groups in total. The Morgan fingerprint density at radius 2 is 2.12 bits per heavy atom. The van der Waals surface area contributed by atoms with Crippen molar-refractivity contribution >= 4 is 11.8 Å². The Labute approximate surface area is 102 Å². The number of morpholine rings is 1. The molecule has 0 bridgehead atoms. The largest absolute Gasteiger partial charge is 0.377 e. The van der Waals surface area contributed by atoms with Gasteiger partial charge in [0.25, 0.3) is 0 Å². The molecule has 0 spiro atoms. The molecule has 1 saturated heterocycles. The molecule has 17 heavy (non-hydrogen) atoms. The summed E-state index contributed by atoms with van der Waals surface area (Å²) < 4.78 is 5.29. The topological polar surface area (TPSA) is 58.6 Å². The Morgan fingerprint density at radius 1 is 1.35 bits per heavy atom. The Morgan fingerprint density at radius 3 is 2.76 bits per heavy atom. The number of carbonyl (C=O) groups excluding carboxylic acids is 2. The molecule has 5 heteroatoms. The van der Waals surface area contributed by atoms with E-state index in [9.17, 15) is 9.59 Å². The molecular formula is C12H22N2O3. The second kappa shape index (κ2) is 7.27. The van der Waals surface area contributed by atoms with E-state index < -0.39 is 6.04 Å². The van der Waals surface area contributed by atoms with E-state index in [1.807, 2.05) is 13.8 Å². The number of amides is 2. The van der Waals surface area contributed by atoms with Crippen molar-refractivity contribution in [2.75, 3.05) is 26.3 Å². The van der Waals surface area contributed by atoms with Gasteiger partial charge < -0.3 is 15.0 Å². The Balaban J connectivity index is 2.58. The highest BCUT2D eigenvalue weighted by molar-refractivity contribution is 5.88. The van der Waals surface area contributed by atoms with Crippen molar-refractivity contribution < 1.29 is 14.3 Å². The molecule has 1 aliphatic rings. The smallest absolute Gasteiger partial charge is 0.245 e. The van der Waals surface area contributed by atoms with Crippen molar-refractivity contribution in [3.05, 3.63) is 0 Å². The lowest BCUT2D eigenvalue weighted by molar-refractivity contribution is -0.148. The number of nitrogens with one attached hydrogen (secondary N) is 1. The molecule has 0 aromatic heterocycles. The summed E-state index contributed by atoms with van der Waals surface area (Å²) in [6.07, 6.45) is 2.19. The van der Waals surface area contributed by atoms with Crippen LogP contribution in [-0.4, -0.2) is 49.1 Å². The number of nitrogens with zero attached hydrogens (tertiary/aromatic N) is 1. The predicted octanol–water partition coefficient (Wildman–Crippen LogP) is 0.540. The van der Waals surface area contributed by atoms with Gasteiger partial charge in [-0.05, 0) is 12.8 Å². The summed E-state index contributed by atoms with van der Waals surface area (Å²) in [5.74, 6) is -0.0524. The van der Waals surface area contributed by atoms with Crippen LogP contribution in [0.2, 0.25) is 0 Å². The minimum Gasteiger partial charge on any atom is -0.377 e. The quantitative estimate of drug-likeness (QED) is 0.765. The van der Waals surface area contributed by atoms with E-state index in [4.69, 9.17) is 4.74 Å². The van der Waals surface area contributed by atoms with Crippen LogP contribution in [0.15, 0.2) is 0 Å². The summed E-state index contributed by atoms with van der Waals surface area (Å²) in [4.78, 5) is 25.4. The molecule has 5 nitrogen and oxygen atoms in total. The van der Waals surface area contributed by atoms with E-state index in [0.717, 1.165) is 12.8 Å². The van der Waals surface area contributed by atoms with Crippen molar-refractivity contribution in [1.29, 1.82) is 0 Å². The zero-order valence-corrected chi connectivity index (χ0v) is 10.7. The number of carbonyl (C=O) groups is 2. The molecule has 0 aliphatic carbocycles. The van der Waals surface area contributed by atoms with E-state index in [2.05, 4.69) is 5.32 Å². The number of hydrogen-bond acceptors (Lipinski definition) is 3. The third kappa shape index (κ3) is 4.00. The standard InChI is InChI=1S/C12H22N2O3/c1-3-5-11(15)14-7-8-17-9-10(14)12(16)13-6-4-2/h10H,3-9H2,1-2H3,(H,13,16). The lowest BCUT2D eigenvalue weighted by atomic mass is 10.1. The summed E-state index contributed by atoms with van der Waals surface area (Å²) in [5.41, 5.74) is 0. The SMILES string of the molecule is CCCNC(=O)C1COCCN1C(=O)CCC. The Bertz CT molecular complexity index is 268. The average Bonchev–Trinajstić information content (AvgIpc) is 2.36. The monoisotopic (exact) mass is 242 g/mol. The zero-order valence-electron chi connectivity index (χ0n) is 10.7. The van der Waals surface area contributed by atoms with Crippen LogP contribution < -0.4 is 5.32 Å². The first-order valence-electron chi connectivity index (χ1n) is 6.35. The minimum absolute atomic E-state index is 0.0486. The summed E-state index contributed by atoms with van der Waals surface area (Å²) in [6.45, 7) is 5.95. The van der Waals surface area contributed by atoms with Gasteiger partial charge in [-0.1, -0.05) is 13.8 Å². The maximum Gasteiger partial charge on any atom is 0.245 e. The maximum atomic E-state index is 11.9. The van der Waals surface area contributed by atoms with Gasteiger partial charge in [-0.25, -0.2) is 0 Å². The van der Waals surface area contributed by atoms with Crippen LogP contribution >= 0.6 is 0 Å². The maximum absolute atomic E-state index is 11.9. The minimum atomic E-state index is -0.450. The summed E-state index contributed by atoms with van der Waals surface area (Å²) in [6, 6.07) is -0.450. The van der Waals surface area contributed by atoms with Crippen LogP contribution in [0.4, 0.5) is 0 Å². The highest BCUT2D eigenvalue weighted by atomic mass is 16.5. The molecule has 1 unspecified atom stereocenters. The van der Waals surface area contributed by atoms with E-state index in [1.54, 1.807) is 4.90 Å². The van der Waals surface area contributed by atoms with Crippen LogP contribution in [0, 0.1) is 0 Å². The second-order valence-corrected chi connectivity index (χ2v) is 4.22. The van der Waals surface area contributed by atoms with Gasteiger partial charge in [-0.3, -0.25) is 9.59 Å². The zero-order chi connectivity index (χ0) is 12.7. The molecule has 1 atom stereocenters. The molecule has 0 radical (unpaired) electrons. The van der Waals surface area contributed by atoms with E-state index in [1.165, 1.54) is 0 Å². The number of hydrogen-bond donors (Lipinski definition) is 1. The van der Waals surface area contributed by atoms with Gasteiger partial charge in [0.05, 0.1) is 13.2 Å². The lowest BCUT2D eigenvalue weighted by Crippen LogP contribution is -2.55. The molecule has 1 aliphatic heterocycles. The summed E-state index contributed by atoms with van der Waals surface area (Å²) in [5, 5.41) is 2.82. The van der Waals surface area contributed by atoms with Crippen molar-refractivity contribution in [2.24, 2.45) is 0 Å². The van der Waals surface area contributed by atoms with Crippen LogP contribution in [0.1, 0.15) is 33.1 Å². The first-order chi connectivity index (χ1) is 8.20. The van der Waals surface area contributed by atoms with Gasteiger partial charge in [0.1, 0.15) is 6.04 Å². The molecule has 0 aromatic carbocycles. The van der Waals surface area contributed by atoms with Crippen LogP contribution in [0.5, 0.6) is 0 Å². The lowest BCUT2D eigenvalue weighted by Gasteiger charge is -2.34. The molecule has 1 fully saturated rings. The van der Waals surface area contributed by atoms with Gasteiger partial charge in [-0.15, -0.1) is 0 Å². The third-order valence-corrected chi connectivity index (χ3v) is 2.76.